The normalized spacial score (nSPS) is 16.5. The lowest BCUT2D eigenvalue weighted by Crippen LogP contribution is -2.25. The summed E-state index contributed by atoms with van der Waals surface area (Å²) in [6.07, 6.45) is 8.33. The predicted octanol–water partition coefficient (Wildman–Crippen LogP) is 3.80. The molecule has 0 amide bonds. The Kier molecular flexibility index (Phi) is 5.72. The second kappa shape index (κ2) is 6.82. The Morgan fingerprint density at radius 2 is 1.56 bits per heavy atom. The van der Waals surface area contributed by atoms with Crippen LogP contribution in [0.15, 0.2) is 11.4 Å². The maximum Gasteiger partial charge on any atom is 0.0895 e. The molecule has 1 aliphatic rings. The monoisotopic (exact) mass is 224 g/mol. The van der Waals surface area contributed by atoms with Gasteiger partial charge in [0.05, 0.1) is 6.67 Å². The first-order valence-corrected chi connectivity index (χ1v) is 6.80. The van der Waals surface area contributed by atoms with Gasteiger partial charge in [0.1, 0.15) is 0 Å². The summed E-state index contributed by atoms with van der Waals surface area (Å²) in [5.41, 5.74) is 2.90. The van der Waals surface area contributed by atoms with Crippen molar-refractivity contribution in [2.75, 3.05) is 20.3 Å². The fourth-order valence-electron chi connectivity index (χ4n) is 2.29. The van der Waals surface area contributed by atoms with Gasteiger partial charge in [-0.3, -0.25) is 0 Å². The van der Waals surface area contributed by atoms with E-state index in [4.69, 9.17) is 0 Å². The highest BCUT2D eigenvalue weighted by Crippen LogP contribution is 2.21. The SMILES string of the molecule is CCCCCCCCN1CN(C)C(C)=C1C. The van der Waals surface area contributed by atoms with Crippen LogP contribution in [0, 0.1) is 0 Å². The van der Waals surface area contributed by atoms with Crippen LogP contribution >= 0.6 is 0 Å². The number of unbranched alkanes of at least 4 members (excludes halogenated alkanes) is 5. The van der Waals surface area contributed by atoms with Crippen LogP contribution in [-0.2, 0) is 0 Å². The number of hydrogen-bond donors (Lipinski definition) is 0. The van der Waals surface area contributed by atoms with Gasteiger partial charge in [-0.05, 0) is 20.3 Å². The van der Waals surface area contributed by atoms with E-state index in [0.717, 1.165) is 6.67 Å². The van der Waals surface area contributed by atoms with Crippen molar-refractivity contribution >= 4 is 0 Å². The summed E-state index contributed by atoms with van der Waals surface area (Å²) in [4.78, 5) is 4.85. The molecule has 2 nitrogen and oxygen atoms in total. The molecule has 0 N–H and O–H groups in total. The van der Waals surface area contributed by atoms with E-state index in [-0.39, 0.29) is 0 Å². The summed E-state index contributed by atoms with van der Waals surface area (Å²) in [5, 5.41) is 0. The van der Waals surface area contributed by atoms with Crippen LogP contribution in [0.2, 0.25) is 0 Å². The summed E-state index contributed by atoms with van der Waals surface area (Å²) in [7, 11) is 2.18. The zero-order valence-electron chi connectivity index (χ0n) is 11.6. The van der Waals surface area contributed by atoms with Crippen LogP contribution in [0.4, 0.5) is 0 Å². The van der Waals surface area contributed by atoms with Crippen molar-refractivity contribution in [2.45, 2.75) is 59.3 Å². The number of allylic oxidation sites excluding steroid dienone is 2. The minimum Gasteiger partial charge on any atom is -0.359 e. The molecule has 2 heteroatoms. The zero-order chi connectivity index (χ0) is 12.0. The number of rotatable bonds is 7. The molecular formula is C14H28N2. The van der Waals surface area contributed by atoms with E-state index in [9.17, 15) is 0 Å². The van der Waals surface area contributed by atoms with Gasteiger partial charge in [-0.1, -0.05) is 39.0 Å². The molecule has 0 spiro atoms. The van der Waals surface area contributed by atoms with Crippen molar-refractivity contribution in [1.82, 2.24) is 9.80 Å². The maximum absolute atomic E-state index is 2.51. The fourth-order valence-corrected chi connectivity index (χ4v) is 2.29. The summed E-state index contributed by atoms with van der Waals surface area (Å²) >= 11 is 0. The third kappa shape index (κ3) is 3.73. The molecule has 0 aliphatic carbocycles. The Bertz CT molecular complexity index is 233. The average molecular weight is 224 g/mol. The van der Waals surface area contributed by atoms with Crippen LogP contribution in [0.3, 0.4) is 0 Å². The van der Waals surface area contributed by atoms with Crippen LogP contribution in [0.5, 0.6) is 0 Å². The lowest BCUT2D eigenvalue weighted by molar-refractivity contribution is 0.272. The molecule has 0 unspecified atom stereocenters. The standard InChI is InChI=1S/C14H28N2/c1-5-6-7-8-9-10-11-16-12-15(4)13(2)14(16)3/h5-12H2,1-4H3. The molecule has 0 saturated carbocycles. The quantitative estimate of drug-likeness (QED) is 0.607. The number of nitrogens with zero attached hydrogens (tertiary/aromatic N) is 2. The second-order valence-corrected chi connectivity index (χ2v) is 5.04. The molecule has 1 heterocycles. The first-order chi connectivity index (χ1) is 7.66. The Balaban J connectivity index is 2.11. The first-order valence-electron chi connectivity index (χ1n) is 6.80. The smallest absolute Gasteiger partial charge is 0.0895 e. The van der Waals surface area contributed by atoms with Gasteiger partial charge in [-0.25, -0.2) is 0 Å². The van der Waals surface area contributed by atoms with Crippen LogP contribution < -0.4 is 0 Å². The molecule has 1 aliphatic heterocycles. The van der Waals surface area contributed by atoms with Crippen LogP contribution in [-0.4, -0.2) is 30.1 Å². The average Bonchev–Trinajstić information content (AvgIpc) is 2.51. The van der Waals surface area contributed by atoms with Crippen molar-refractivity contribution in [2.24, 2.45) is 0 Å². The summed E-state index contributed by atoms with van der Waals surface area (Å²) in [5.74, 6) is 0. The second-order valence-electron chi connectivity index (χ2n) is 5.04. The van der Waals surface area contributed by atoms with Gasteiger partial charge in [-0.2, -0.15) is 0 Å². The molecule has 0 bridgehead atoms. The maximum atomic E-state index is 2.51. The zero-order valence-corrected chi connectivity index (χ0v) is 11.6. The molecule has 16 heavy (non-hydrogen) atoms. The summed E-state index contributed by atoms with van der Waals surface area (Å²) < 4.78 is 0. The Morgan fingerprint density at radius 3 is 2.12 bits per heavy atom. The van der Waals surface area contributed by atoms with Gasteiger partial charge in [0.15, 0.2) is 0 Å². The van der Waals surface area contributed by atoms with Crippen LogP contribution in [0.25, 0.3) is 0 Å². The molecule has 1 rings (SSSR count). The van der Waals surface area contributed by atoms with E-state index < -0.39 is 0 Å². The highest BCUT2D eigenvalue weighted by atomic mass is 15.4. The van der Waals surface area contributed by atoms with Crippen molar-refractivity contribution in [1.29, 1.82) is 0 Å². The molecule has 0 fully saturated rings. The molecule has 94 valence electrons. The van der Waals surface area contributed by atoms with Crippen LogP contribution in [0.1, 0.15) is 59.3 Å². The third-order valence-corrected chi connectivity index (χ3v) is 3.73. The minimum atomic E-state index is 1.09. The van der Waals surface area contributed by atoms with E-state index in [1.165, 1.54) is 56.5 Å². The highest BCUT2D eigenvalue weighted by molar-refractivity contribution is 5.12. The fraction of sp³-hybridized carbons (Fsp3) is 0.857. The Labute approximate surface area is 101 Å². The predicted molar refractivity (Wildman–Crippen MR) is 71.1 cm³/mol. The van der Waals surface area contributed by atoms with Crippen molar-refractivity contribution in [3.05, 3.63) is 11.4 Å². The van der Waals surface area contributed by atoms with Gasteiger partial charge >= 0.3 is 0 Å². The van der Waals surface area contributed by atoms with Gasteiger partial charge < -0.3 is 9.80 Å². The topological polar surface area (TPSA) is 6.48 Å². The lowest BCUT2D eigenvalue weighted by Gasteiger charge is -2.20. The molecule has 0 aromatic carbocycles. The van der Waals surface area contributed by atoms with Gasteiger partial charge in [0.25, 0.3) is 0 Å². The third-order valence-electron chi connectivity index (χ3n) is 3.73. The van der Waals surface area contributed by atoms with E-state index >= 15 is 0 Å². The molecule has 0 radical (unpaired) electrons. The minimum absolute atomic E-state index is 1.09. The lowest BCUT2D eigenvalue weighted by atomic mass is 10.1. The van der Waals surface area contributed by atoms with E-state index in [0.29, 0.717) is 0 Å². The van der Waals surface area contributed by atoms with Gasteiger partial charge in [-0.15, -0.1) is 0 Å². The van der Waals surface area contributed by atoms with Crippen molar-refractivity contribution in [3.63, 3.8) is 0 Å². The van der Waals surface area contributed by atoms with E-state index in [1.807, 2.05) is 0 Å². The molecule has 0 saturated heterocycles. The Hall–Kier alpha value is -0.660. The van der Waals surface area contributed by atoms with Gasteiger partial charge in [0, 0.05) is 25.0 Å². The first kappa shape index (κ1) is 13.4. The largest absolute Gasteiger partial charge is 0.359 e. The van der Waals surface area contributed by atoms with E-state index in [1.54, 1.807) is 0 Å². The molecular weight excluding hydrogens is 196 g/mol. The van der Waals surface area contributed by atoms with E-state index in [2.05, 4.69) is 37.6 Å². The number of hydrogen-bond acceptors (Lipinski definition) is 2. The van der Waals surface area contributed by atoms with Crippen molar-refractivity contribution in [3.8, 4) is 0 Å². The van der Waals surface area contributed by atoms with Gasteiger partial charge in [0.2, 0.25) is 0 Å². The summed E-state index contributed by atoms with van der Waals surface area (Å²) in [6, 6.07) is 0. The molecule has 0 atom stereocenters. The summed E-state index contributed by atoms with van der Waals surface area (Å²) in [6.45, 7) is 9.07. The molecule has 0 aromatic rings. The molecule has 0 aromatic heterocycles. The highest BCUT2D eigenvalue weighted by Gasteiger charge is 2.18. The van der Waals surface area contributed by atoms with Crippen molar-refractivity contribution < 1.29 is 0 Å². The Morgan fingerprint density at radius 1 is 0.938 bits per heavy atom.